The SMILES string of the molecule is COC(=O)C(N)CCSCc1ncccn1. The average molecular weight is 241 g/mol. The molecule has 0 saturated heterocycles. The van der Waals surface area contributed by atoms with Gasteiger partial charge in [0.2, 0.25) is 0 Å². The summed E-state index contributed by atoms with van der Waals surface area (Å²) in [5.74, 6) is 1.94. The molecule has 0 aliphatic heterocycles. The molecule has 1 atom stereocenters. The second-order valence-electron chi connectivity index (χ2n) is 3.14. The third-order valence-electron chi connectivity index (χ3n) is 1.93. The van der Waals surface area contributed by atoms with Gasteiger partial charge in [0.05, 0.1) is 12.9 Å². The second kappa shape index (κ2) is 7.19. The summed E-state index contributed by atoms with van der Waals surface area (Å²) in [6.45, 7) is 0. The Morgan fingerprint density at radius 2 is 2.25 bits per heavy atom. The zero-order chi connectivity index (χ0) is 11.8. The molecular weight excluding hydrogens is 226 g/mol. The minimum Gasteiger partial charge on any atom is -0.468 e. The molecule has 0 radical (unpaired) electrons. The lowest BCUT2D eigenvalue weighted by atomic mass is 10.2. The van der Waals surface area contributed by atoms with Crippen LogP contribution < -0.4 is 5.73 Å². The number of esters is 1. The molecule has 1 heterocycles. The average Bonchev–Trinajstić information content (AvgIpc) is 2.34. The molecule has 0 aliphatic rings. The van der Waals surface area contributed by atoms with Gasteiger partial charge in [0, 0.05) is 12.4 Å². The molecule has 5 nitrogen and oxygen atoms in total. The van der Waals surface area contributed by atoms with E-state index in [4.69, 9.17) is 5.73 Å². The summed E-state index contributed by atoms with van der Waals surface area (Å²) in [6, 6.07) is 1.25. The Hall–Kier alpha value is -1.14. The molecule has 0 spiro atoms. The molecular formula is C10H15N3O2S. The number of hydrogen-bond donors (Lipinski definition) is 1. The second-order valence-corrected chi connectivity index (χ2v) is 4.24. The number of methoxy groups -OCH3 is 1. The van der Waals surface area contributed by atoms with Crippen molar-refractivity contribution in [3.8, 4) is 0 Å². The molecule has 88 valence electrons. The van der Waals surface area contributed by atoms with E-state index in [2.05, 4.69) is 14.7 Å². The third-order valence-corrected chi connectivity index (χ3v) is 2.91. The summed E-state index contributed by atoms with van der Waals surface area (Å²) in [6.07, 6.45) is 4.02. The van der Waals surface area contributed by atoms with Gasteiger partial charge in [0.15, 0.2) is 0 Å². The van der Waals surface area contributed by atoms with E-state index in [1.165, 1.54) is 7.11 Å². The number of carbonyl (C=O) groups excluding carboxylic acids is 1. The van der Waals surface area contributed by atoms with Gasteiger partial charge in [-0.15, -0.1) is 0 Å². The Morgan fingerprint density at radius 3 is 2.88 bits per heavy atom. The minimum atomic E-state index is -0.533. The van der Waals surface area contributed by atoms with Crippen LogP contribution in [0.3, 0.4) is 0 Å². The number of nitrogens with two attached hydrogens (primary N) is 1. The summed E-state index contributed by atoms with van der Waals surface area (Å²) in [5.41, 5.74) is 5.59. The molecule has 1 aromatic rings. The summed E-state index contributed by atoms with van der Waals surface area (Å²) >= 11 is 1.65. The Kier molecular flexibility index (Phi) is 5.81. The van der Waals surface area contributed by atoms with Crippen molar-refractivity contribution >= 4 is 17.7 Å². The number of nitrogens with zero attached hydrogens (tertiary/aromatic N) is 2. The van der Waals surface area contributed by atoms with E-state index in [-0.39, 0.29) is 5.97 Å². The van der Waals surface area contributed by atoms with E-state index in [0.717, 1.165) is 17.3 Å². The molecule has 0 bridgehead atoms. The highest BCUT2D eigenvalue weighted by molar-refractivity contribution is 7.98. The van der Waals surface area contributed by atoms with Crippen molar-refractivity contribution in [3.63, 3.8) is 0 Å². The first kappa shape index (κ1) is 12.9. The van der Waals surface area contributed by atoms with Gasteiger partial charge in [-0.3, -0.25) is 4.79 Å². The smallest absolute Gasteiger partial charge is 0.322 e. The molecule has 0 fully saturated rings. The number of thioether (sulfide) groups is 1. The fraction of sp³-hybridized carbons (Fsp3) is 0.500. The van der Waals surface area contributed by atoms with Crippen LogP contribution >= 0.6 is 11.8 Å². The van der Waals surface area contributed by atoms with E-state index in [9.17, 15) is 4.79 Å². The number of carbonyl (C=O) groups is 1. The fourth-order valence-corrected chi connectivity index (χ4v) is 1.94. The summed E-state index contributed by atoms with van der Waals surface area (Å²) in [5, 5.41) is 0. The number of hydrogen-bond acceptors (Lipinski definition) is 6. The van der Waals surface area contributed by atoms with Gasteiger partial charge >= 0.3 is 5.97 Å². The van der Waals surface area contributed by atoms with Gasteiger partial charge in [0.25, 0.3) is 0 Å². The predicted molar refractivity (Wildman–Crippen MR) is 62.8 cm³/mol. The van der Waals surface area contributed by atoms with Crippen molar-refractivity contribution in [2.75, 3.05) is 12.9 Å². The van der Waals surface area contributed by atoms with Gasteiger partial charge in [-0.1, -0.05) is 0 Å². The van der Waals surface area contributed by atoms with Crippen LogP contribution in [0.1, 0.15) is 12.2 Å². The van der Waals surface area contributed by atoms with Crippen LogP contribution in [0.5, 0.6) is 0 Å². The van der Waals surface area contributed by atoms with Gasteiger partial charge in [-0.25, -0.2) is 9.97 Å². The van der Waals surface area contributed by atoms with Gasteiger partial charge in [0.1, 0.15) is 11.9 Å². The van der Waals surface area contributed by atoms with E-state index in [1.54, 1.807) is 30.2 Å². The number of rotatable bonds is 6. The summed E-state index contributed by atoms with van der Waals surface area (Å²) in [4.78, 5) is 19.2. The van der Waals surface area contributed by atoms with Crippen molar-refractivity contribution in [1.82, 2.24) is 9.97 Å². The largest absolute Gasteiger partial charge is 0.468 e. The summed E-state index contributed by atoms with van der Waals surface area (Å²) in [7, 11) is 1.34. The number of ether oxygens (including phenoxy) is 1. The Balaban J connectivity index is 2.15. The highest BCUT2D eigenvalue weighted by atomic mass is 32.2. The molecule has 16 heavy (non-hydrogen) atoms. The van der Waals surface area contributed by atoms with Crippen LogP contribution in [0, 0.1) is 0 Å². The van der Waals surface area contributed by atoms with Crippen molar-refractivity contribution in [3.05, 3.63) is 24.3 Å². The molecule has 6 heteroatoms. The lowest BCUT2D eigenvalue weighted by Crippen LogP contribution is -2.31. The van der Waals surface area contributed by atoms with E-state index >= 15 is 0 Å². The first-order valence-electron chi connectivity index (χ1n) is 4.91. The highest BCUT2D eigenvalue weighted by Gasteiger charge is 2.12. The minimum absolute atomic E-state index is 0.364. The van der Waals surface area contributed by atoms with Crippen LogP contribution in [-0.4, -0.2) is 34.8 Å². The quantitative estimate of drug-likeness (QED) is 0.580. The molecule has 1 rings (SSSR count). The van der Waals surface area contributed by atoms with Crippen LogP contribution in [0.15, 0.2) is 18.5 Å². The van der Waals surface area contributed by atoms with Crippen molar-refractivity contribution < 1.29 is 9.53 Å². The Labute approximate surface area is 98.8 Å². The molecule has 1 aromatic heterocycles. The third kappa shape index (κ3) is 4.59. The standard InChI is InChI=1S/C10H15N3O2S/c1-15-10(14)8(11)3-6-16-7-9-12-4-2-5-13-9/h2,4-5,8H,3,6-7,11H2,1H3. The topological polar surface area (TPSA) is 78.1 Å². The number of aromatic nitrogens is 2. The maximum Gasteiger partial charge on any atom is 0.322 e. The maximum absolute atomic E-state index is 11.0. The van der Waals surface area contributed by atoms with E-state index in [1.807, 2.05) is 0 Å². The lowest BCUT2D eigenvalue weighted by Gasteiger charge is -2.07. The molecule has 0 amide bonds. The summed E-state index contributed by atoms with van der Waals surface area (Å²) < 4.78 is 4.53. The Bertz CT molecular complexity index is 321. The lowest BCUT2D eigenvalue weighted by molar-refractivity contribution is -0.142. The van der Waals surface area contributed by atoms with Crippen molar-refractivity contribution in [2.45, 2.75) is 18.2 Å². The molecule has 1 unspecified atom stereocenters. The van der Waals surface area contributed by atoms with Gasteiger partial charge in [-0.2, -0.15) is 11.8 Å². The van der Waals surface area contributed by atoms with Crippen molar-refractivity contribution in [1.29, 1.82) is 0 Å². The van der Waals surface area contributed by atoms with Crippen LogP contribution in [0.4, 0.5) is 0 Å². The zero-order valence-electron chi connectivity index (χ0n) is 9.13. The van der Waals surface area contributed by atoms with Crippen LogP contribution in [0.25, 0.3) is 0 Å². The highest BCUT2D eigenvalue weighted by Crippen LogP contribution is 2.09. The van der Waals surface area contributed by atoms with E-state index < -0.39 is 6.04 Å². The normalized spacial score (nSPS) is 12.1. The predicted octanol–water partition coefficient (Wildman–Crippen LogP) is 0.600. The first-order chi connectivity index (χ1) is 7.74. The van der Waals surface area contributed by atoms with Crippen LogP contribution in [0.2, 0.25) is 0 Å². The molecule has 0 aliphatic carbocycles. The molecule has 0 saturated carbocycles. The van der Waals surface area contributed by atoms with Crippen molar-refractivity contribution in [2.24, 2.45) is 5.73 Å². The van der Waals surface area contributed by atoms with Crippen LogP contribution in [-0.2, 0) is 15.3 Å². The van der Waals surface area contributed by atoms with Gasteiger partial charge < -0.3 is 10.5 Å². The monoisotopic (exact) mass is 241 g/mol. The Morgan fingerprint density at radius 1 is 1.56 bits per heavy atom. The van der Waals surface area contributed by atoms with Gasteiger partial charge in [-0.05, 0) is 18.2 Å². The maximum atomic E-state index is 11.0. The molecule has 0 aromatic carbocycles. The zero-order valence-corrected chi connectivity index (χ0v) is 9.94. The first-order valence-corrected chi connectivity index (χ1v) is 6.06. The molecule has 2 N–H and O–H groups in total. The fourth-order valence-electron chi connectivity index (χ4n) is 1.05. The van der Waals surface area contributed by atoms with E-state index in [0.29, 0.717) is 6.42 Å².